The molecule has 0 aliphatic rings. The number of fused-ring (bicyclic) bond motifs is 1. The minimum atomic E-state index is 0.581. The van der Waals surface area contributed by atoms with Crippen LogP contribution in [0.25, 0.3) is 11.0 Å². The van der Waals surface area contributed by atoms with Gasteiger partial charge >= 0.3 is 0 Å². The van der Waals surface area contributed by atoms with Gasteiger partial charge in [-0.1, -0.05) is 18.2 Å². The van der Waals surface area contributed by atoms with Crippen molar-refractivity contribution in [2.24, 2.45) is 0 Å². The lowest BCUT2D eigenvalue weighted by Crippen LogP contribution is -2.05. The molecule has 0 radical (unpaired) electrons. The Labute approximate surface area is 111 Å². The number of benzene rings is 1. The van der Waals surface area contributed by atoms with Crippen molar-refractivity contribution in [3.05, 3.63) is 54.0 Å². The molecule has 0 saturated carbocycles. The molecule has 0 spiro atoms. The van der Waals surface area contributed by atoms with E-state index in [-0.39, 0.29) is 0 Å². The summed E-state index contributed by atoms with van der Waals surface area (Å²) in [6.07, 6.45) is 2.42. The van der Waals surface area contributed by atoms with E-state index in [0.29, 0.717) is 12.2 Å². The first-order valence-electron chi connectivity index (χ1n) is 6.43. The molecule has 4 nitrogen and oxygen atoms in total. The summed E-state index contributed by atoms with van der Waals surface area (Å²) in [6.45, 7) is 3.03. The lowest BCUT2D eigenvalue weighted by molar-refractivity contribution is 0.733. The average Bonchev–Trinajstić information content (AvgIpc) is 2.78. The summed E-state index contributed by atoms with van der Waals surface area (Å²) in [5, 5.41) is 0. The number of rotatable bonds is 3. The normalized spacial score (nSPS) is 11.0. The van der Waals surface area contributed by atoms with Gasteiger partial charge in [0.1, 0.15) is 11.6 Å². The number of imidazole rings is 1. The van der Waals surface area contributed by atoms with Crippen molar-refractivity contribution in [3.63, 3.8) is 0 Å². The number of aryl methyl sites for hydroxylation is 1. The minimum absolute atomic E-state index is 0.581. The van der Waals surface area contributed by atoms with E-state index in [9.17, 15) is 0 Å². The Balaban J connectivity index is 2.08. The minimum Gasteiger partial charge on any atom is -0.383 e. The molecule has 3 aromatic rings. The lowest BCUT2D eigenvalue weighted by Gasteiger charge is -2.07. The highest BCUT2D eigenvalue weighted by atomic mass is 15.1. The van der Waals surface area contributed by atoms with Crippen LogP contribution in [0.4, 0.5) is 5.82 Å². The lowest BCUT2D eigenvalue weighted by atomic mass is 10.2. The van der Waals surface area contributed by atoms with Crippen LogP contribution in [0.3, 0.4) is 0 Å². The first-order valence-corrected chi connectivity index (χ1v) is 6.43. The van der Waals surface area contributed by atoms with Gasteiger partial charge in [0.05, 0.1) is 11.0 Å². The molecule has 0 unspecified atom stereocenters. The van der Waals surface area contributed by atoms with E-state index >= 15 is 0 Å². The van der Waals surface area contributed by atoms with Gasteiger partial charge < -0.3 is 10.3 Å². The maximum Gasteiger partial charge on any atom is 0.126 e. The third-order valence-electron chi connectivity index (χ3n) is 3.32. The summed E-state index contributed by atoms with van der Waals surface area (Å²) in [4.78, 5) is 8.82. The van der Waals surface area contributed by atoms with E-state index in [1.807, 2.05) is 30.3 Å². The Morgan fingerprint density at radius 1 is 1.16 bits per heavy atom. The van der Waals surface area contributed by atoms with E-state index < -0.39 is 0 Å². The van der Waals surface area contributed by atoms with Crippen molar-refractivity contribution in [1.82, 2.24) is 14.5 Å². The number of pyridine rings is 1. The van der Waals surface area contributed by atoms with Crippen LogP contribution < -0.4 is 5.73 Å². The second-order valence-electron chi connectivity index (χ2n) is 4.49. The molecule has 19 heavy (non-hydrogen) atoms. The van der Waals surface area contributed by atoms with Crippen molar-refractivity contribution in [3.8, 4) is 0 Å². The predicted octanol–water partition coefficient (Wildman–Crippen LogP) is 2.62. The van der Waals surface area contributed by atoms with Crippen LogP contribution in [0, 0.1) is 0 Å². The fourth-order valence-electron chi connectivity index (χ4n) is 2.38. The first kappa shape index (κ1) is 11.7. The van der Waals surface area contributed by atoms with Gasteiger partial charge in [0.15, 0.2) is 0 Å². The van der Waals surface area contributed by atoms with Gasteiger partial charge in [0.25, 0.3) is 0 Å². The van der Waals surface area contributed by atoms with Crippen LogP contribution in [-0.2, 0) is 13.0 Å². The fourth-order valence-corrected chi connectivity index (χ4v) is 2.38. The van der Waals surface area contributed by atoms with Crippen LogP contribution in [0.1, 0.15) is 18.3 Å². The third-order valence-corrected chi connectivity index (χ3v) is 3.32. The average molecular weight is 252 g/mol. The fraction of sp³-hybridized carbons (Fsp3) is 0.200. The van der Waals surface area contributed by atoms with Crippen molar-refractivity contribution in [2.75, 3.05) is 5.73 Å². The van der Waals surface area contributed by atoms with Gasteiger partial charge in [0, 0.05) is 24.7 Å². The maximum atomic E-state index is 5.91. The zero-order valence-corrected chi connectivity index (χ0v) is 10.9. The zero-order valence-electron chi connectivity index (χ0n) is 10.9. The quantitative estimate of drug-likeness (QED) is 0.779. The second-order valence-corrected chi connectivity index (χ2v) is 4.49. The largest absolute Gasteiger partial charge is 0.383 e. The van der Waals surface area contributed by atoms with Crippen LogP contribution >= 0.6 is 0 Å². The molecule has 0 bridgehead atoms. The molecule has 2 N–H and O–H groups in total. The molecule has 2 aromatic heterocycles. The Bertz CT molecular complexity index is 715. The number of nitrogen functional groups attached to an aromatic ring is 1. The SMILES string of the molecule is CCn1c(Cc2cccnc2N)nc2ccccc21. The van der Waals surface area contributed by atoms with E-state index in [2.05, 4.69) is 22.5 Å². The Morgan fingerprint density at radius 3 is 2.79 bits per heavy atom. The van der Waals surface area contributed by atoms with Crippen molar-refractivity contribution in [2.45, 2.75) is 19.9 Å². The number of aromatic nitrogens is 3. The number of anilines is 1. The highest BCUT2D eigenvalue weighted by Crippen LogP contribution is 2.19. The predicted molar refractivity (Wildman–Crippen MR) is 76.9 cm³/mol. The van der Waals surface area contributed by atoms with Crippen molar-refractivity contribution >= 4 is 16.9 Å². The molecule has 0 aliphatic carbocycles. The Morgan fingerprint density at radius 2 is 2.00 bits per heavy atom. The van der Waals surface area contributed by atoms with Gasteiger partial charge in [0.2, 0.25) is 0 Å². The standard InChI is InChI=1S/C15H16N4/c1-2-19-13-8-4-3-7-12(13)18-14(19)10-11-6-5-9-17-15(11)16/h3-9H,2,10H2,1H3,(H2,16,17). The zero-order chi connectivity index (χ0) is 13.2. The van der Waals surface area contributed by atoms with Crippen LogP contribution in [0.15, 0.2) is 42.6 Å². The Hall–Kier alpha value is -2.36. The van der Waals surface area contributed by atoms with Crippen LogP contribution in [0.5, 0.6) is 0 Å². The number of hydrogen-bond donors (Lipinski definition) is 1. The Kier molecular flexibility index (Phi) is 2.91. The molecule has 2 heterocycles. The summed E-state index contributed by atoms with van der Waals surface area (Å²) < 4.78 is 2.22. The van der Waals surface area contributed by atoms with Crippen molar-refractivity contribution < 1.29 is 0 Å². The molecule has 1 aromatic carbocycles. The monoisotopic (exact) mass is 252 g/mol. The number of nitrogens with zero attached hydrogens (tertiary/aromatic N) is 3. The first-order chi connectivity index (χ1) is 9.29. The summed E-state index contributed by atoms with van der Waals surface area (Å²) in [7, 11) is 0. The highest BCUT2D eigenvalue weighted by Gasteiger charge is 2.11. The molecule has 96 valence electrons. The molecule has 0 atom stereocenters. The van der Waals surface area contributed by atoms with Crippen LogP contribution in [0.2, 0.25) is 0 Å². The molecule has 0 saturated heterocycles. The molecular formula is C15H16N4. The summed E-state index contributed by atoms with van der Waals surface area (Å²) in [5.41, 5.74) is 9.13. The molecule has 0 fully saturated rings. The van der Waals surface area contributed by atoms with Gasteiger partial charge in [-0.25, -0.2) is 9.97 Å². The van der Waals surface area contributed by atoms with E-state index in [0.717, 1.165) is 23.4 Å². The summed E-state index contributed by atoms with van der Waals surface area (Å²) in [6, 6.07) is 12.1. The molecule has 3 rings (SSSR count). The molecule has 4 heteroatoms. The van der Waals surface area contributed by atoms with E-state index in [1.54, 1.807) is 6.20 Å². The number of hydrogen-bond acceptors (Lipinski definition) is 3. The van der Waals surface area contributed by atoms with Crippen LogP contribution in [-0.4, -0.2) is 14.5 Å². The van der Waals surface area contributed by atoms with Gasteiger partial charge in [-0.15, -0.1) is 0 Å². The number of para-hydroxylation sites is 2. The third kappa shape index (κ3) is 2.05. The molecule has 0 aliphatic heterocycles. The number of nitrogens with two attached hydrogens (primary N) is 1. The smallest absolute Gasteiger partial charge is 0.126 e. The summed E-state index contributed by atoms with van der Waals surface area (Å²) in [5.74, 6) is 1.61. The topological polar surface area (TPSA) is 56.7 Å². The van der Waals surface area contributed by atoms with E-state index in [1.165, 1.54) is 5.52 Å². The maximum absolute atomic E-state index is 5.91. The van der Waals surface area contributed by atoms with Crippen molar-refractivity contribution in [1.29, 1.82) is 0 Å². The molecular weight excluding hydrogens is 236 g/mol. The van der Waals surface area contributed by atoms with Gasteiger partial charge in [-0.3, -0.25) is 0 Å². The highest BCUT2D eigenvalue weighted by molar-refractivity contribution is 5.76. The second kappa shape index (κ2) is 4.72. The summed E-state index contributed by atoms with van der Waals surface area (Å²) >= 11 is 0. The van der Waals surface area contributed by atoms with E-state index in [4.69, 9.17) is 10.7 Å². The molecule has 0 amide bonds. The van der Waals surface area contributed by atoms with Gasteiger partial charge in [-0.2, -0.15) is 0 Å². The van der Waals surface area contributed by atoms with Gasteiger partial charge in [-0.05, 0) is 25.1 Å².